The van der Waals surface area contributed by atoms with Gasteiger partial charge in [-0.1, -0.05) is 11.6 Å². The van der Waals surface area contributed by atoms with Gasteiger partial charge < -0.3 is 5.11 Å². The van der Waals surface area contributed by atoms with Crippen molar-refractivity contribution in [3.05, 3.63) is 11.6 Å². The molecular formula is C6H12O. The van der Waals surface area contributed by atoms with Crippen LogP contribution in [0.1, 0.15) is 20.3 Å². The second-order valence-corrected chi connectivity index (χ2v) is 1.61. The molecule has 0 bridgehead atoms. The summed E-state index contributed by atoms with van der Waals surface area (Å²) in [6.07, 6.45) is 2.83. The fourth-order valence-corrected chi connectivity index (χ4v) is 0.321. The second-order valence-electron chi connectivity index (χ2n) is 1.61. The highest BCUT2D eigenvalue weighted by Gasteiger charge is 1.80. The molecule has 0 aromatic rings. The zero-order chi connectivity index (χ0) is 5.70. The van der Waals surface area contributed by atoms with Crippen molar-refractivity contribution in [3.8, 4) is 0 Å². The molecule has 1 N–H and O–H groups in total. The van der Waals surface area contributed by atoms with Crippen molar-refractivity contribution < 1.29 is 5.11 Å². The van der Waals surface area contributed by atoms with Gasteiger partial charge in [-0.3, -0.25) is 0 Å². The minimum absolute atomic E-state index is 0.274. The maximum absolute atomic E-state index is 8.33. The number of aliphatic hydroxyl groups is 1. The Morgan fingerprint density at radius 3 is 2.43 bits per heavy atom. The summed E-state index contributed by atoms with van der Waals surface area (Å²) in [6, 6.07) is 0. The van der Waals surface area contributed by atoms with E-state index in [0.29, 0.717) is 0 Å². The molecule has 0 amide bonds. The van der Waals surface area contributed by atoms with Gasteiger partial charge in [-0.05, 0) is 20.3 Å². The van der Waals surface area contributed by atoms with Gasteiger partial charge in [-0.2, -0.15) is 0 Å². The van der Waals surface area contributed by atoms with E-state index >= 15 is 0 Å². The van der Waals surface area contributed by atoms with E-state index in [9.17, 15) is 0 Å². The summed E-state index contributed by atoms with van der Waals surface area (Å²) < 4.78 is 0. The molecule has 0 aliphatic carbocycles. The van der Waals surface area contributed by atoms with Crippen LogP contribution in [-0.4, -0.2) is 11.7 Å². The summed E-state index contributed by atoms with van der Waals surface area (Å²) in [7, 11) is 0. The molecule has 0 aliphatic heterocycles. The molecule has 1 nitrogen and oxygen atoms in total. The normalized spacial score (nSPS) is 12.1. The Labute approximate surface area is 44.7 Å². The molecule has 0 saturated carbocycles. The zero-order valence-corrected chi connectivity index (χ0v) is 4.94. The molecule has 0 rings (SSSR count). The Kier molecular flexibility index (Phi) is 3.71. The molecule has 0 radical (unpaired) electrons. The molecule has 7 heavy (non-hydrogen) atoms. The number of rotatable bonds is 2. The summed E-state index contributed by atoms with van der Waals surface area (Å²) in [6.45, 7) is 4.26. The summed E-state index contributed by atoms with van der Waals surface area (Å²) in [4.78, 5) is 0. The van der Waals surface area contributed by atoms with Crippen LogP contribution in [0.2, 0.25) is 0 Å². The van der Waals surface area contributed by atoms with Gasteiger partial charge in [0.1, 0.15) is 0 Å². The SMILES string of the molecule is C/C=C(/C)CCO. The summed E-state index contributed by atoms with van der Waals surface area (Å²) in [5.41, 5.74) is 1.25. The van der Waals surface area contributed by atoms with Gasteiger partial charge in [-0.15, -0.1) is 0 Å². The molecule has 0 saturated heterocycles. The van der Waals surface area contributed by atoms with Crippen LogP contribution in [0.15, 0.2) is 11.6 Å². The third-order valence-corrected chi connectivity index (χ3v) is 0.999. The van der Waals surface area contributed by atoms with Gasteiger partial charge in [0.25, 0.3) is 0 Å². The first-order valence-corrected chi connectivity index (χ1v) is 2.54. The molecule has 1 heteroatoms. The number of allylic oxidation sites excluding steroid dienone is 1. The van der Waals surface area contributed by atoms with Crippen LogP contribution in [-0.2, 0) is 0 Å². The molecule has 0 aliphatic rings. The Bertz CT molecular complexity index is 64.6. The monoisotopic (exact) mass is 100 g/mol. The average molecular weight is 100 g/mol. The maximum Gasteiger partial charge on any atom is 0.0468 e. The van der Waals surface area contributed by atoms with Crippen LogP contribution in [0.5, 0.6) is 0 Å². The van der Waals surface area contributed by atoms with E-state index in [0.717, 1.165) is 6.42 Å². The summed E-state index contributed by atoms with van der Waals surface area (Å²) in [5.74, 6) is 0. The average Bonchev–Trinajstić information content (AvgIpc) is 1.68. The van der Waals surface area contributed by atoms with Gasteiger partial charge >= 0.3 is 0 Å². The lowest BCUT2D eigenvalue weighted by Crippen LogP contribution is -1.81. The highest BCUT2D eigenvalue weighted by atomic mass is 16.2. The van der Waals surface area contributed by atoms with Crippen LogP contribution in [0.4, 0.5) is 0 Å². The number of aliphatic hydroxyl groups excluding tert-OH is 1. The molecule has 0 fully saturated rings. The van der Waals surface area contributed by atoms with Crippen molar-refractivity contribution in [2.24, 2.45) is 0 Å². The van der Waals surface area contributed by atoms with Crippen LogP contribution in [0.3, 0.4) is 0 Å². The van der Waals surface area contributed by atoms with E-state index in [4.69, 9.17) is 5.11 Å². The smallest absolute Gasteiger partial charge is 0.0468 e. The fourth-order valence-electron chi connectivity index (χ4n) is 0.321. The Morgan fingerprint density at radius 2 is 2.29 bits per heavy atom. The van der Waals surface area contributed by atoms with Crippen molar-refractivity contribution in [3.63, 3.8) is 0 Å². The van der Waals surface area contributed by atoms with E-state index in [2.05, 4.69) is 0 Å². The van der Waals surface area contributed by atoms with E-state index in [1.165, 1.54) is 5.57 Å². The predicted molar refractivity (Wildman–Crippen MR) is 31.1 cm³/mol. The Morgan fingerprint density at radius 1 is 1.71 bits per heavy atom. The summed E-state index contributed by atoms with van der Waals surface area (Å²) >= 11 is 0. The van der Waals surface area contributed by atoms with E-state index in [-0.39, 0.29) is 6.61 Å². The molecule has 0 atom stereocenters. The van der Waals surface area contributed by atoms with Gasteiger partial charge in [0, 0.05) is 6.61 Å². The second kappa shape index (κ2) is 3.88. The lowest BCUT2D eigenvalue weighted by Gasteiger charge is -1.90. The lowest BCUT2D eigenvalue weighted by atomic mass is 10.2. The number of hydrogen-bond acceptors (Lipinski definition) is 1. The Balaban J connectivity index is 3.17. The van der Waals surface area contributed by atoms with Gasteiger partial charge in [-0.25, -0.2) is 0 Å². The summed E-state index contributed by atoms with van der Waals surface area (Å²) in [5, 5.41) is 8.33. The van der Waals surface area contributed by atoms with Crippen LogP contribution < -0.4 is 0 Å². The third kappa shape index (κ3) is 3.53. The minimum Gasteiger partial charge on any atom is -0.396 e. The first kappa shape index (κ1) is 6.70. The van der Waals surface area contributed by atoms with Crippen molar-refractivity contribution >= 4 is 0 Å². The van der Waals surface area contributed by atoms with Crippen molar-refractivity contribution in [2.75, 3.05) is 6.61 Å². The van der Waals surface area contributed by atoms with E-state index in [1.54, 1.807) is 0 Å². The first-order valence-electron chi connectivity index (χ1n) is 2.54. The predicted octanol–water partition coefficient (Wildman–Crippen LogP) is 1.33. The van der Waals surface area contributed by atoms with Crippen LogP contribution >= 0.6 is 0 Å². The molecule has 0 spiro atoms. The van der Waals surface area contributed by atoms with Crippen molar-refractivity contribution in [1.29, 1.82) is 0 Å². The zero-order valence-electron chi connectivity index (χ0n) is 4.94. The van der Waals surface area contributed by atoms with Gasteiger partial charge in [0.2, 0.25) is 0 Å². The highest BCUT2D eigenvalue weighted by Crippen LogP contribution is 1.95. The van der Waals surface area contributed by atoms with Crippen molar-refractivity contribution in [1.82, 2.24) is 0 Å². The van der Waals surface area contributed by atoms with Crippen molar-refractivity contribution in [2.45, 2.75) is 20.3 Å². The standard InChI is InChI=1S/C6H12O/c1-3-6(2)4-5-7/h3,7H,4-5H2,1-2H3/b6-3-. The fraction of sp³-hybridized carbons (Fsp3) is 0.667. The molecule has 0 aromatic heterocycles. The molecular weight excluding hydrogens is 88.1 g/mol. The van der Waals surface area contributed by atoms with Crippen LogP contribution in [0, 0.1) is 0 Å². The minimum atomic E-state index is 0.274. The topological polar surface area (TPSA) is 20.2 Å². The van der Waals surface area contributed by atoms with Crippen LogP contribution in [0.25, 0.3) is 0 Å². The largest absolute Gasteiger partial charge is 0.396 e. The van der Waals surface area contributed by atoms with Gasteiger partial charge in [0.15, 0.2) is 0 Å². The first-order chi connectivity index (χ1) is 3.31. The highest BCUT2D eigenvalue weighted by molar-refractivity contribution is 4.94. The van der Waals surface area contributed by atoms with Gasteiger partial charge in [0.05, 0.1) is 0 Å². The third-order valence-electron chi connectivity index (χ3n) is 0.999. The van der Waals surface area contributed by atoms with E-state index in [1.807, 2.05) is 19.9 Å². The lowest BCUT2D eigenvalue weighted by molar-refractivity contribution is 0.299. The van der Waals surface area contributed by atoms with E-state index < -0.39 is 0 Å². The Hall–Kier alpha value is -0.300. The number of hydrogen-bond donors (Lipinski definition) is 1. The maximum atomic E-state index is 8.33. The molecule has 0 heterocycles. The molecule has 0 unspecified atom stereocenters. The molecule has 42 valence electrons. The molecule has 0 aromatic carbocycles. The quantitative estimate of drug-likeness (QED) is 0.519.